The molecule has 0 atom stereocenters. The highest BCUT2D eigenvalue weighted by atomic mass is 35.5. The first-order chi connectivity index (χ1) is 8.85. The number of halogens is 4. The fraction of sp³-hybridized carbons (Fsp3) is 0.636. The van der Waals surface area contributed by atoms with Crippen molar-refractivity contribution in [3.05, 3.63) is 17.0 Å². The number of aliphatic hydroxyl groups is 1. The average Bonchev–Trinajstić information content (AvgIpc) is 3.06. The third-order valence-corrected chi connectivity index (χ3v) is 3.39. The van der Waals surface area contributed by atoms with Crippen LogP contribution in [0.5, 0.6) is 0 Å². The van der Waals surface area contributed by atoms with Gasteiger partial charge >= 0.3 is 6.18 Å². The first-order valence-electron chi connectivity index (χ1n) is 5.81. The fourth-order valence-electron chi connectivity index (χ4n) is 1.84. The molecule has 0 saturated heterocycles. The Hall–Kier alpha value is -1.08. The van der Waals surface area contributed by atoms with Crippen LogP contribution in [-0.2, 0) is 6.18 Å². The van der Waals surface area contributed by atoms with Crippen LogP contribution in [-0.4, -0.2) is 28.2 Å². The molecule has 106 valence electrons. The molecule has 1 aromatic rings. The summed E-state index contributed by atoms with van der Waals surface area (Å²) in [7, 11) is 0. The Morgan fingerprint density at radius 3 is 2.58 bits per heavy atom. The molecule has 0 radical (unpaired) electrons. The van der Waals surface area contributed by atoms with E-state index in [0.717, 1.165) is 12.8 Å². The number of anilines is 1. The Kier molecular flexibility index (Phi) is 3.87. The predicted molar refractivity (Wildman–Crippen MR) is 63.9 cm³/mol. The Labute approximate surface area is 113 Å². The minimum absolute atomic E-state index is 0.0232. The van der Waals surface area contributed by atoms with Crippen molar-refractivity contribution < 1.29 is 18.3 Å². The molecule has 0 unspecified atom stereocenters. The van der Waals surface area contributed by atoms with E-state index < -0.39 is 12.0 Å². The maximum Gasteiger partial charge on any atom is 0.451 e. The summed E-state index contributed by atoms with van der Waals surface area (Å²) in [6.45, 7) is 0.540. The highest BCUT2D eigenvalue weighted by molar-refractivity contribution is 6.29. The third-order valence-electron chi connectivity index (χ3n) is 3.19. The second-order valence-corrected chi connectivity index (χ2v) is 5.11. The summed E-state index contributed by atoms with van der Waals surface area (Å²) in [5.74, 6) is -1.20. The Balaban J connectivity index is 2.06. The summed E-state index contributed by atoms with van der Waals surface area (Å²) in [5.41, 5.74) is -0.0232. The molecule has 1 saturated carbocycles. The Morgan fingerprint density at radius 2 is 2.05 bits per heavy atom. The standard InChI is InChI=1S/C11H13ClF3N3O/c12-7-5-8(18-9(17-7)11(13,14)15)16-6-10(1-2-10)3-4-19/h5,19H,1-4,6H2,(H,16,17,18). The number of alkyl halides is 3. The van der Waals surface area contributed by atoms with E-state index in [1.165, 1.54) is 6.07 Å². The average molecular weight is 296 g/mol. The molecule has 1 aliphatic rings. The molecular formula is C11H13ClF3N3O. The van der Waals surface area contributed by atoms with Gasteiger partial charge < -0.3 is 10.4 Å². The largest absolute Gasteiger partial charge is 0.451 e. The van der Waals surface area contributed by atoms with Crippen LogP contribution in [0, 0.1) is 5.41 Å². The molecule has 0 bridgehead atoms. The lowest BCUT2D eigenvalue weighted by Crippen LogP contribution is -2.19. The molecule has 0 aliphatic heterocycles. The monoisotopic (exact) mass is 295 g/mol. The molecule has 8 heteroatoms. The first-order valence-corrected chi connectivity index (χ1v) is 6.19. The number of hydrogen-bond acceptors (Lipinski definition) is 4. The highest BCUT2D eigenvalue weighted by Gasteiger charge is 2.42. The fourth-order valence-corrected chi connectivity index (χ4v) is 2.03. The van der Waals surface area contributed by atoms with Crippen LogP contribution in [0.15, 0.2) is 6.07 Å². The van der Waals surface area contributed by atoms with Gasteiger partial charge in [0.1, 0.15) is 11.0 Å². The van der Waals surface area contributed by atoms with Gasteiger partial charge in [-0.15, -0.1) is 0 Å². The molecule has 1 fully saturated rings. The van der Waals surface area contributed by atoms with E-state index in [0.29, 0.717) is 13.0 Å². The molecule has 0 aromatic carbocycles. The molecule has 19 heavy (non-hydrogen) atoms. The molecule has 0 spiro atoms. The van der Waals surface area contributed by atoms with Gasteiger partial charge in [-0.3, -0.25) is 0 Å². The van der Waals surface area contributed by atoms with Crippen LogP contribution in [0.3, 0.4) is 0 Å². The van der Waals surface area contributed by atoms with Gasteiger partial charge in [0, 0.05) is 19.2 Å². The van der Waals surface area contributed by atoms with Gasteiger partial charge in [-0.1, -0.05) is 11.6 Å². The quantitative estimate of drug-likeness (QED) is 0.820. The molecule has 2 N–H and O–H groups in total. The molecule has 0 amide bonds. The van der Waals surface area contributed by atoms with Crippen molar-refractivity contribution in [1.29, 1.82) is 0 Å². The van der Waals surface area contributed by atoms with E-state index in [9.17, 15) is 13.2 Å². The number of aliphatic hydroxyl groups excluding tert-OH is 1. The minimum atomic E-state index is -4.62. The molecule has 1 heterocycles. The predicted octanol–water partition coefficient (Wildman–Crippen LogP) is 2.72. The number of nitrogens with zero attached hydrogens (tertiary/aromatic N) is 2. The van der Waals surface area contributed by atoms with E-state index in [1.54, 1.807) is 0 Å². The molecule has 1 aliphatic carbocycles. The summed E-state index contributed by atoms with van der Waals surface area (Å²) in [4.78, 5) is 6.55. The van der Waals surface area contributed by atoms with E-state index in [4.69, 9.17) is 16.7 Å². The summed E-state index contributed by atoms with van der Waals surface area (Å²) >= 11 is 5.55. The van der Waals surface area contributed by atoms with E-state index in [-0.39, 0.29) is 23.0 Å². The molecule has 1 aromatic heterocycles. The minimum Gasteiger partial charge on any atom is -0.396 e. The van der Waals surface area contributed by atoms with Crippen molar-refractivity contribution in [2.75, 3.05) is 18.5 Å². The van der Waals surface area contributed by atoms with Gasteiger partial charge in [0.05, 0.1) is 0 Å². The topological polar surface area (TPSA) is 58.0 Å². The van der Waals surface area contributed by atoms with Crippen LogP contribution in [0.2, 0.25) is 5.15 Å². The van der Waals surface area contributed by atoms with Gasteiger partial charge in [0.2, 0.25) is 5.82 Å². The normalized spacial score (nSPS) is 17.3. The first kappa shape index (κ1) is 14.3. The lowest BCUT2D eigenvalue weighted by molar-refractivity contribution is -0.144. The molecular weight excluding hydrogens is 283 g/mol. The second-order valence-electron chi connectivity index (χ2n) is 4.72. The zero-order valence-corrected chi connectivity index (χ0v) is 10.7. The summed E-state index contributed by atoms with van der Waals surface area (Å²) in [6.07, 6.45) is -2.09. The van der Waals surface area contributed by atoms with E-state index >= 15 is 0 Å². The zero-order chi connectivity index (χ0) is 14.1. The van der Waals surface area contributed by atoms with Crippen molar-refractivity contribution in [3.8, 4) is 0 Å². The number of aromatic nitrogens is 2. The lowest BCUT2D eigenvalue weighted by atomic mass is 10.0. The maximum atomic E-state index is 12.5. The molecule has 4 nitrogen and oxygen atoms in total. The van der Waals surface area contributed by atoms with Crippen molar-refractivity contribution in [3.63, 3.8) is 0 Å². The van der Waals surface area contributed by atoms with Crippen molar-refractivity contribution in [2.24, 2.45) is 5.41 Å². The van der Waals surface area contributed by atoms with Gasteiger partial charge in [-0.2, -0.15) is 13.2 Å². The second kappa shape index (κ2) is 5.13. The van der Waals surface area contributed by atoms with Crippen LogP contribution >= 0.6 is 11.6 Å². The highest BCUT2D eigenvalue weighted by Crippen LogP contribution is 2.48. The summed E-state index contributed by atoms with van der Waals surface area (Å²) < 4.78 is 37.5. The smallest absolute Gasteiger partial charge is 0.396 e. The third kappa shape index (κ3) is 3.70. The van der Waals surface area contributed by atoms with Crippen LogP contribution in [0.4, 0.5) is 19.0 Å². The van der Waals surface area contributed by atoms with Gasteiger partial charge in [0.25, 0.3) is 0 Å². The summed E-state index contributed by atoms with van der Waals surface area (Å²) in [5, 5.41) is 11.5. The van der Waals surface area contributed by atoms with Crippen LogP contribution in [0.1, 0.15) is 25.1 Å². The van der Waals surface area contributed by atoms with Gasteiger partial charge in [-0.05, 0) is 24.7 Å². The number of rotatable bonds is 5. The van der Waals surface area contributed by atoms with E-state index in [2.05, 4.69) is 15.3 Å². The number of nitrogens with one attached hydrogen (secondary N) is 1. The van der Waals surface area contributed by atoms with Crippen molar-refractivity contribution in [2.45, 2.75) is 25.4 Å². The van der Waals surface area contributed by atoms with Crippen molar-refractivity contribution >= 4 is 17.4 Å². The Bertz CT molecular complexity index is 463. The SMILES string of the molecule is OCCC1(CNc2cc(Cl)nc(C(F)(F)F)n2)CC1. The summed E-state index contributed by atoms with van der Waals surface area (Å²) in [6, 6.07) is 1.26. The Morgan fingerprint density at radius 1 is 1.37 bits per heavy atom. The number of hydrogen-bond donors (Lipinski definition) is 2. The van der Waals surface area contributed by atoms with Crippen LogP contribution in [0.25, 0.3) is 0 Å². The lowest BCUT2D eigenvalue weighted by Gasteiger charge is -2.15. The maximum absolute atomic E-state index is 12.5. The van der Waals surface area contributed by atoms with Gasteiger partial charge in [-0.25, -0.2) is 9.97 Å². The van der Waals surface area contributed by atoms with Crippen molar-refractivity contribution in [1.82, 2.24) is 9.97 Å². The van der Waals surface area contributed by atoms with Gasteiger partial charge in [0.15, 0.2) is 0 Å². The molecule has 2 rings (SSSR count). The zero-order valence-electron chi connectivity index (χ0n) is 9.97. The van der Waals surface area contributed by atoms with E-state index in [1.807, 2.05) is 0 Å². The van der Waals surface area contributed by atoms with Crippen LogP contribution < -0.4 is 5.32 Å².